The average Bonchev–Trinajstić information content (AvgIpc) is 3.02. The maximum Gasteiger partial charge on any atom is 0.301 e. The van der Waals surface area contributed by atoms with Gasteiger partial charge in [0, 0.05) is 35.1 Å². The maximum absolute atomic E-state index is 13.1. The molecule has 3 N–H and O–H groups in total. The summed E-state index contributed by atoms with van der Waals surface area (Å²) in [7, 11) is -4.08. The van der Waals surface area contributed by atoms with Gasteiger partial charge >= 0.3 is 10.2 Å². The smallest absolute Gasteiger partial charge is 0.301 e. The van der Waals surface area contributed by atoms with Crippen molar-refractivity contribution in [1.29, 1.82) is 0 Å². The van der Waals surface area contributed by atoms with E-state index < -0.39 is 28.3 Å². The Bertz CT molecular complexity index is 1450. The lowest BCUT2D eigenvalue weighted by Crippen LogP contribution is -2.49. The monoisotopic (exact) mass is 585 g/mol. The predicted molar refractivity (Wildman–Crippen MR) is 155 cm³/mol. The minimum atomic E-state index is -4.08. The number of carbonyl (C=O) groups excluding carboxylic acids is 1. The number of benzene rings is 2. The van der Waals surface area contributed by atoms with Crippen LogP contribution < -0.4 is 19.1 Å². The highest BCUT2D eigenvalue weighted by atomic mass is 35.5. The van der Waals surface area contributed by atoms with E-state index in [9.17, 15) is 18.3 Å². The minimum Gasteiger partial charge on any atom is -0.490 e. The van der Waals surface area contributed by atoms with Crippen LogP contribution in [0, 0.1) is 11.8 Å². The number of aryl methyl sites for hydroxylation is 1. The molecule has 0 saturated heterocycles. The Hall–Kier alpha value is -2.59. The third-order valence-electron chi connectivity index (χ3n) is 9.08. The number of hydrogen-bond donors (Lipinski definition) is 3. The van der Waals surface area contributed by atoms with Crippen molar-refractivity contribution in [1.82, 2.24) is 9.44 Å². The summed E-state index contributed by atoms with van der Waals surface area (Å²) in [6.07, 6.45) is 8.30. The zero-order chi connectivity index (χ0) is 28.1. The fourth-order valence-electron chi connectivity index (χ4n) is 6.90. The van der Waals surface area contributed by atoms with Gasteiger partial charge < -0.3 is 14.7 Å². The van der Waals surface area contributed by atoms with Crippen molar-refractivity contribution in [2.24, 2.45) is 11.8 Å². The van der Waals surface area contributed by atoms with E-state index in [1.54, 1.807) is 31.2 Å². The first kappa shape index (κ1) is 27.6. The Morgan fingerprint density at radius 2 is 2.02 bits per heavy atom. The fourth-order valence-corrected chi connectivity index (χ4v) is 8.14. The summed E-state index contributed by atoms with van der Waals surface area (Å²) in [5.74, 6) is 0.362. The highest BCUT2D eigenvalue weighted by Crippen LogP contribution is 2.46. The largest absolute Gasteiger partial charge is 0.490 e. The van der Waals surface area contributed by atoms with E-state index in [0.29, 0.717) is 31.9 Å². The van der Waals surface area contributed by atoms with E-state index in [1.807, 2.05) is 12.1 Å². The highest BCUT2D eigenvalue weighted by Gasteiger charge is 2.44. The molecule has 1 saturated carbocycles. The second-order valence-electron chi connectivity index (χ2n) is 11.9. The molecule has 0 radical (unpaired) electrons. The first-order chi connectivity index (χ1) is 19.1. The van der Waals surface area contributed by atoms with Gasteiger partial charge in [-0.15, -0.1) is 0 Å². The molecular weight excluding hydrogens is 550 g/mol. The van der Waals surface area contributed by atoms with Crippen LogP contribution in [-0.4, -0.2) is 51.3 Å². The van der Waals surface area contributed by atoms with Crippen LogP contribution in [0.3, 0.4) is 0 Å². The van der Waals surface area contributed by atoms with Crippen LogP contribution in [-0.2, 0) is 22.0 Å². The van der Waals surface area contributed by atoms with Gasteiger partial charge in [0.15, 0.2) is 0 Å². The van der Waals surface area contributed by atoms with E-state index in [0.717, 1.165) is 42.8 Å². The Morgan fingerprint density at radius 1 is 1.18 bits per heavy atom. The van der Waals surface area contributed by atoms with Gasteiger partial charge in [-0.2, -0.15) is 13.1 Å². The van der Waals surface area contributed by atoms with Crippen LogP contribution in [0.15, 0.2) is 48.6 Å². The summed E-state index contributed by atoms with van der Waals surface area (Å²) in [6.45, 7) is 3.61. The SMILES string of the molecule is C[C@H]1C/C=C\[C@H](O)[C@@H]2CC[C@H]2CN2C[C@@]3(CCCc4cc(Cl)ccc43)COc3ccc(cc32)C(=O)NS(=O)(=O)N1. The average molecular weight is 586 g/mol. The molecule has 2 heterocycles. The topological polar surface area (TPSA) is 108 Å². The van der Waals surface area contributed by atoms with Crippen molar-refractivity contribution in [3.63, 3.8) is 0 Å². The van der Waals surface area contributed by atoms with Crippen LogP contribution in [0.5, 0.6) is 5.75 Å². The highest BCUT2D eigenvalue weighted by molar-refractivity contribution is 7.88. The number of ether oxygens (including phenoxy) is 1. The van der Waals surface area contributed by atoms with E-state index in [4.69, 9.17) is 16.3 Å². The molecule has 1 spiro atoms. The second-order valence-corrected chi connectivity index (χ2v) is 13.8. The molecule has 4 aliphatic rings. The van der Waals surface area contributed by atoms with Crippen LogP contribution in [0.1, 0.15) is 60.5 Å². The number of hydrogen-bond acceptors (Lipinski definition) is 6. The number of nitrogens with zero attached hydrogens (tertiary/aromatic N) is 1. The van der Waals surface area contributed by atoms with Gasteiger partial charge in [-0.05, 0) is 98.7 Å². The molecule has 8 nitrogen and oxygen atoms in total. The molecule has 0 aromatic heterocycles. The summed E-state index contributed by atoms with van der Waals surface area (Å²) in [5, 5.41) is 11.7. The van der Waals surface area contributed by atoms with E-state index >= 15 is 0 Å². The zero-order valence-corrected chi connectivity index (χ0v) is 24.2. The summed E-state index contributed by atoms with van der Waals surface area (Å²) < 4.78 is 36.5. The molecule has 1 amide bonds. The van der Waals surface area contributed by atoms with Gasteiger partial charge in [0.05, 0.1) is 18.4 Å². The third kappa shape index (κ3) is 5.36. The quantitative estimate of drug-likeness (QED) is 0.402. The predicted octanol–water partition coefficient (Wildman–Crippen LogP) is 4.11. The molecule has 0 unspecified atom stereocenters. The lowest BCUT2D eigenvalue weighted by molar-refractivity contribution is 0.0456. The van der Waals surface area contributed by atoms with Crippen molar-refractivity contribution in [3.8, 4) is 5.75 Å². The summed E-state index contributed by atoms with van der Waals surface area (Å²) in [4.78, 5) is 15.4. The second kappa shape index (κ2) is 10.7. The van der Waals surface area contributed by atoms with Gasteiger partial charge in [0.2, 0.25) is 0 Å². The van der Waals surface area contributed by atoms with Crippen LogP contribution in [0.25, 0.3) is 0 Å². The number of amides is 1. The molecule has 2 bridgehead atoms. The normalized spacial score (nSPS) is 32.5. The third-order valence-corrected chi connectivity index (χ3v) is 10.5. The Labute approximate surface area is 240 Å². The summed E-state index contributed by atoms with van der Waals surface area (Å²) in [6, 6.07) is 10.8. The van der Waals surface area contributed by atoms with Crippen LogP contribution in [0.4, 0.5) is 5.69 Å². The Kier molecular flexibility index (Phi) is 7.36. The van der Waals surface area contributed by atoms with Crippen molar-refractivity contribution in [2.45, 2.75) is 63.0 Å². The lowest BCUT2D eigenvalue weighted by atomic mass is 9.68. The fraction of sp³-hybridized carbons (Fsp3) is 0.500. The number of carbonyl (C=O) groups is 1. The maximum atomic E-state index is 13.1. The van der Waals surface area contributed by atoms with E-state index in [1.165, 1.54) is 11.1 Å². The summed E-state index contributed by atoms with van der Waals surface area (Å²) >= 11 is 6.36. The standard InChI is InChI=1S/C30H36ClN3O5S/c1-19-4-2-6-27(35)24-10-7-22(24)16-34-17-30(13-3-5-20-14-23(31)9-11-25(20)30)18-39-28-12-8-21(15-26(28)34)29(36)33-40(37,38)32-19/h2,6,8-9,11-12,14-15,19,22,24,27,32,35H,3-5,7,10,13,16-18H2,1H3,(H,33,36)/b6-2-/t19-,22-,24+,27-,30-/m0/s1. The number of nitrogens with one attached hydrogen (secondary N) is 2. The van der Waals surface area contributed by atoms with Gasteiger partial charge in [0.25, 0.3) is 5.91 Å². The Balaban J connectivity index is 1.42. The van der Waals surface area contributed by atoms with E-state index in [2.05, 4.69) is 26.5 Å². The molecule has 10 heteroatoms. The first-order valence-corrected chi connectivity index (χ1v) is 16.0. The molecule has 214 valence electrons. The van der Waals surface area contributed by atoms with Gasteiger partial charge in [-0.3, -0.25) is 4.79 Å². The molecule has 1 fully saturated rings. The number of anilines is 1. The molecule has 2 aliphatic carbocycles. The van der Waals surface area contributed by atoms with Crippen LogP contribution in [0.2, 0.25) is 5.02 Å². The van der Waals surface area contributed by atoms with Gasteiger partial charge in [-0.1, -0.05) is 29.8 Å². The number of fused-ring (bicyclic) bond motifs is 4. The van der Waals surface area contributed by atoms with Crippen molar-refractivity contribution in [2.75, 3.05) is 24.6 Å². The number of halogens is 1. The van der Waals surface area contributed by atoms with E-state index in [-0.39, 0.29) is 22.8 Å². The molecule has 2 aromatic carbocycles. The molecule has 40 heavy (non-hydrogen) atoms. The minimum absolute atomic E-state index is 0.114. The molecule has 2 aromatic rings. The molecule has 2 aliphatic heterocycles. The number of rotatable bonds is 0. The van der Waals surface area contributed by atoms with Gasteiger partial charge in [-0.25, -0.2) is 4.72 Å². The Morgan fingerprint density at radius 3 is 2.83 bits per heavy atom. The first-order valence-electron chi connectivity index (χ1n) is 14.1. The number of aliphatic hydroxyl groups is 1. The van der Waals surface area contributed by atoms with Crippen LogP contribution >= 0.6 is 11.6 Å². The van der Waals surface area contributed by atoms with Gasteiger partial charge in [0.1, 0.15) is 5.75 Å². The molecular formula is C30H36ClN3O5S. The summed E-state index contributed by atoms with van der Waals surface area (Å²) in [5.41, 5.74) is 3.25. The van der Waals surface area contributed by atoms with Crippen molar-refractivity contribution in [3.05, 3.63) is 70.3 Å². The molecule has 5 atom stereocenters. The van der Waals surface area contributed by atoms with Crippen molar-refractivity contribution < 1.29 is 23.1 Å². The number of aliphatic hydroxyl groups excluding tert-OH is 1. The lowest BCUT2D eigenvalue weighted by Gasteiger charge is -2.45. The zero-order valence-electron chi connectivity index (χ0n) is 22.6. The van der Waals surface area contributed by atoms with Crippen molar-refractivity contribution >= 4 is 33.4 Å². The molecule has 6 rings (SSSR count).